The molecule has 3 heteroatoms. The summed E-state index contributed by atoms with van der Waals surface area (Å²) in [4.78, 5) is 16.9. The molecule has 25 heavy (non-hydrogen) atoms. The molecule has 132 valence electrons. The lowest BCUT2D eigenvalue weighted by Crippen LogP contribution is -2.42. The van der Waals surface area contributed by atoms with Gasteiger partial charge in [0.05, 0.1) is 17.3 Å². The summed E-state index contributed by atoms with van der Waals surface area (Å²) in [7, 11) is 0. The molecule has 2 saturated carbocycles. The van der Waals surface area contributed by atoms with Crippen molar-refractivity contribution in [2.75, 3.05) is 0 Å². The van der Waals surface area contributed by atoms with E-state index in [1.807, 2.05) is 18.2 Å². The summed E-state index contributed by atoms with van der Waals surface area (Å²) in [5, 5.41) is 0. The van der Waals surface area contributed by atoms with Crippen LogP contribution in [0.5, 0.6) is 0 Å². The number of rotatable bonds is 3. The van der Waals surface area contributed by atoms with Crippen LogP contribution in [-0.4, -0.2) is 17.1 Å². The largest absolute Gasteiger partial charge is 0.462 e. The average molecular weight is 337 g/mol. The van der Waals surface area contributed by atoms with Gasteiger partial charge in [0.25, 0.3) is 0 Å². The van der Waals surface area contributed by atoms with E-state index in [4.69, 9.17) is 4.74 Å². The smallest absolute Gasteiger partial charge is 0.309 e. The molecule has 0 bridgehead atoms. The molecule has 0 unspecified atom stereocenters. The van der Waals surface area contributed by atoms with Gasteiger partial charge in [-0.15, -0.1) is 0 Å². The van der Waals surface area contributed by atoms with Crippen molar-refractivity contribution < 1.29 is 9.53 Å². The minimum Gasteiger partial charge on any atom is -0.462 e. The van der Waals surface area contributed by atoms with Crippen molar-refractivity contribution in [1.29, 1.82) is 0 Å². The molecule has 2 aliphatic carbocycles. The first-order valence-electron chi connectivity index (χ1n) is 9.65. The van der Waals surface area contributed by atoms with Gasteiger partial charge in [0.1, 0.15) is 6.10 Å². The van der Waals surface area contributed by atoms with Crippen molar-refractivity contribution in [1.82, 2.24) is 4.98 Å². The molecule has 1 aliphatic heterocycles. The van der Waals surface area contributed by atoms with Gasteiger partial charge in [-0.2, -0.15) is 0 Å². The standard InChI is InChI=1S/C22H27NO2/c1-3-16-8-6-9-17(23-16)11-12-19-18-10-5-4-7-15(18)13-20-21(19)14(2)25-22(20)24/h3,6,8-9,11-12,14-15,18-21H,1,4-5,7,10,13H2,2H3/b12-11+/t14-,15+,18-,19+,20-,21+/m1/s1. The first-order valence-corrected chi connectivity index (χ1v) is 9.65. The quantitative estimate of drug-likeness (QED) is 0.748. The summed E-state index contributed by atoms with van der Waals surface area (Å²) in [5.74, 6) is 2.23. The molecular weight excluding hydrogens is 310 g/mol. The van der Waals surface area contributed by atoms with Crippen LogP contribution in [-0.2, 0) is 9.53 Å². The number of cyclic esters (lactones) is 1. The summed E-state index contributed by atoms with van der Waals surface area (Å²) >= 11 is 0. The lowest BCUT2D eigenvalue weighted by atomic mass is 9.57. The van der Waals surface area contributed by atoms with E-state index in [9.17, 15) is 4.79 Å². The number of hydrogen-bond donors (Lipinski definition) is 0. The van der Waals surface area contributed by atoms with Crippen LogP contribution in [0, 0.1) is 29.6 Å². The Balaban J connectivity index is 1.64. The number of carbonyl (C=O) groups excluding carboxylic acids is 1. The van der Waals surface area contributed by atoms with Gasteiger partial charge < -0.3 is 4.74 Å². The van der Waals surface area contributed by atoms with E-state index < -0.39 is 0 Å². The Morgan fingerprint density at radius 3 is 2.88 bits per heavy atom. The molecule has 0 radical (unpaired) electrons. The highest BCUT2D eigenvalue weighted by Crippen LogP contribution is 2.53. The molecule has 1 saturated heterocycles. The number of aromatic nitrogens is 1. The van der Waals surface area contributed by atoms with E-state index in [-0.39, 0.29) is 18.0 Å². The van der Waals surface area contributed by atoms with E-state index in [0.717, 1.165) is 17.8 Å². The van der Waals surface area contributed by atoms with Gasteiger partial charge in [-0.25, -0.2) is 4.98 Å². The van der Waals surface area contributed by atoms with Crippen molar-refractivity contribution in [2.24, 2.45) is 29.6 Å². The van der Waals surface area contributed by atoms with Gasteiger partial charge in [-0.3, -0.25) is 4.79 Å². The molecule has 3 fully saturated rings. The molecule has 4 rings (SSSR count). The topological polar surface area (TPSA) is 39.2 Å². The van der Waals surface area contributed by atoms with Gasteiger partial charge in [-0.05, 0) is 61.8 Å². The average Bonchev–Trinajstić information content (AvgIpc) is 2.93. The van der Waals surface area contributed by atoms with Crippen LogP contribution in [0.25, 0.3) is 12.2 Å². The molecule has 0 N–H and O–H groups in total. The highest BCUT2D eigenvalue weighted by molar-refractivity contribution is 5.75. The number of esters is 1. The lowest BCUT2D eigenvalue weighted by molar-refractivity contribution is -0.144. The van der Waals surface area contributed by atoms with Gasteiger partial charge >= 0.3 is 5.97 Å². The van der Waals surface area contributed by atoms with E-state index in [2.05, 4.69) is 30.6 Å². The Bertz CT molecular complexity index is 695. The molecular formula is C22H27NO2. The van der Waals surface area contributed by atoms with Gasteiger partial charge in [0, 0.05) is 5.92 Å². The second kappa shape index (κ2) is 6.78. The van der Waals surface area contributed by atoms with E-state index in [1.165, 1.54) is 25.7 Å². The zero-order chi connectivity index (χ0) is 17.4. The van der Waals surface area contributed by atoms with Crippen molar-refractivity contribution >= 4 is 18.1 Å². The molecule has 0 aromatic carbocycles. The maximum atomic E-state index is 12.3. The molecule has 2 heterocycles. The molecule has 1 aromatic heterocycles. The predicted molar refractivity (Wildman–Crippen MR) is 99.5 cm³/mol. The highest BCUT2D eigenvalue weighted by atomic mass is 16.6. The van der Waals surface area contributed by atoms with Crippen LogP contribution >= 0.6 is 0 Å². The van der Waals surface area contributed by atoms with Crippen LogP contribution in [0.4, 0.5) is 0 Å². The number of hydrogen-bond acceptors (Lipinski definition) is 3. The maximum Gasteiger partial charge on any atom is 0.309 e. The summed E-state index contributed by atoms with van der Waals surface area (Å²) < 4.78 is 5.63. The lowest BCUT2D eigenvalue weighted by Gasteiger charge is -2.45. The Kier molecular flexibility index (Phi) is 4.49. The van der Waals surface area contributed by atoms with E-state index in [1.54, 1.807) is 6.08 Å². The Labute approximate surface area is 150 Å². The van der Waals surface area contributed by atoms with Crippen molar-refractivity contribution in [3.8, 4) is 0 Å². The van der Waals surface area contributed by atoms with E-state index >= 15 is 0 Å². The number of nitrogens with zero attached hydrogens (tertiary/aromatic N) is 1. The van der Waals surface area contributed by atoms with Gasteiger partial charge in [0.2, 0.25) is 0 Å². The molecule has 0 spiro atoms. The SMILES string of the molecule is C=Cc1cccc(/C=C/[C@H]2[C@@H]3CCCC[C@H]3C[C@H]3C(=O)O[C@H](C)[C@@H]23)n1. The monoisotopic (exact) mass is 337 g/mol. The number of pyridine rings is 1. The molecule has 0 amide bonds. The first kappa shape index (κ1) is 16.6. The third-order valence-corrected chi connectivity index (χ3v) is 6.57. The molecule has 6 atom stereocenters. The summed E-state index contributed by atoms with van der Waals surface area (Å²) in [5.41, 5.74) is 1.86. The number of allylic oxidation sites excluding steroid dienone is 1. The van der Waals surface area contributed by atoms with Crippen molar-refractivity contribution in [2.45, 2.75) is 45.1 Å². The van der Waals surface area contributed by atoms with E-state index in [0.29, 0.717) is 23.7 Å². The Hall–Kier alpha value is -1.90. The summed E-state index contributed by atoms with van der Waals surface area (Å²) in [6, 6.07) is 6.01. The number of carbonyl (C=O) groups is 1. The van der Waals surface area contributed by atoms with Crippen LogP contribution in [0.2, 0.25) is 0 Å². The molecule has 3 aliphatic rings. The first-order chi connectivity index (χ1) is 12.2. The van der Waals surface area contributed by atoms with Crippen molar-refractivity contribution in [3.05, 3.63) is 42.2 Å². The summed E-state index contributed by atoms with van der Waals surface area (Å²) in [6.07, 6.45) is 12.5. The zero-order valence-corrected chi connectivity index (χ0v) is 14.9. The molecule has 1 aromatic rings. The maximum absolute atomic E-state index is 12.3. The fraction of sp³-hybridized carbons (Fsp3) is 0.545. The fourth-order valence-electron chi connectivity index (χ4n) is 5.47. The highest BCUT2D eigenvalue weighted by Gasteiger charge is 2.53. The molecule has 3 nitrogen and oxygen atoms in total. The summed E-state index contributed by atoms with van der Waals surface area (Å²) in [6.45, 7) is 5.87. The third kappa shape index (κ3) is 3.05. The Morgan fingerprint density at radius 1 is 1.24 bits per heavy atom. The van der Waals surface area contributed by atoms with Crippen LogP contribution in [0.1, 0.15) is 50.4 Å². The Morgan fingerprint density at radius 2 is 2.04 bits per heavy atom. The fourth-order valence-corrected chi connectivity index (χ4v) is 5.47. The minimum absolute atomic E-state index is 0.0301. The third-order valence-electron chi connectivity index (χ3n) is 6.57. The predicted octanol–water partition coefficient (Wildman–Crippen LogP) is 4.74. The number of fused-ring (bicyclic) bond motifs is 2. The van der Waals surface area contributed by atoms with Gasteiger partial charge in [-0.1, -0.05) is 38.0 Å². The van der Waals surface area contributed by atoms with Crippen LogP contribution in [0.15, 0.2) is 30.9 Å². The minimum atomic E-state index is 0.0301. The van der Waals surface area contributed by atoms with Crippen molar-refractivity contribution in [3.63, 3.8) is 0 Å². The second-order valence-corrected chi connectivity index (χ2v) is 7.90. The van der Waals surface area contributed by atoms with Crippen LogP contribution < -0.4 is 0 Å². The van der Waals surface area contributed by atoms with Crippen LogP contribution in [0.3, 0.4) is 0 Å². The second-order valence-electron chi connectivity index (χ2n) is 7.90. The normalized spacial score (nSPS) is 37.4. The zero-order valence-electron chi connectivity index (χ0n) is 14.9. The van der Waals surface area contributed by atoms with Gasteiger partial charge in [0.15, 0.2) is 0 Å². The number of ether oxygens (including phenoxy) is 1.